The summed E-state index contributed by atoms with van der Waals surface area (Å²) in [5, 5.41) is 8.59. The Hall–Kier alpha value is -3.15. The molecule has 0 fully saturated rings. The second-order valence-electron chi connectivity index (χ2n) is 5.42. The minimum absolute atomic E-state index is 0.303. The van der Waals surface area contributed by atoms with Crippen LogP contribution in [-0.2, 0) is 0 Å². The molecule has 1 aromatic carbocycles. The van der Waals surface area contributed by atoms with Crippen LogP contribution in [-0.4, -0.2) is 21.9 Å². The lowest BCUT2D eigenvalue weighted by molar-refractivity contribution is 0.0953. The molecule has 0 atom stereocenters. The number of nitrogens with one attached hydrogen (secondary N) is 1. The smallest absolute Gasteiger partial charge is 0.274 e. The molecule has 0 aliphatic carbocycles. The number of carbonyl (C=O) groups excluding carboxylic acids is 1. The fourth-order valence-corrected chi connectivity index (χ4v) is 2.50. The maximum absolute atomic E-state index is 12.0. The molecule has 3 aromatic rings. The number of aryl methyl sites for hydroxylation is 2. The molecular weight excluding hydrogens is 304 g/mol. The Morgan fingerprint density at radius 2 is 1.96 bits per heavy atom. The van der Waals surface area contributed by atoms with Crippen molar-refractivity contribution in [3.05, 3.63) is 70.9 Å². The molecular formula is C18H18N4O2. The Labute approximate surface area is 139 Å². The number of para-hydroxylation sites is 1. The SMILES string of the molecule is Cc1nn(-c2ccccc2)c(C)c1/C=N\NC(=O)c1ccoc1C. The first kappa shape index (κ1) is 15.7. The summed E-state index contributed by atoms with van der Waals surface area (Å²) in [6, 6.07) is 11.5. The van der Waals surface area contributed by atoms with E-state index < -0.39 is 0 Å². The largest absolute Gasteiger partial charge is 0.469 e. The van der Waals surface area contributed by atoms with Gasteiger partial charge < -0.3 is 4.42 Å². The Kier molecular flexibility index (Phi) is 4.29. The van der Waals surface area contributed by atoms with E-state index in [1.165, 1.54) is 6.26 Å². The van der Waals surface area contributed by atoms with Gasteiger partial charge in [0, 0.05) is 5.56 Å². The lowest BCUT2D eigenvalue weighted by Crippen LogP contribution is -2.17. The van der Waals surface area contributed by atoms with Crippen LogP contribution in [0.25, 0.3) is 5.69 Å². The summed E-state index contributed by atoms with van der Waals surface area (Å²) in [6.45, 7) is 5.61. The zero-order valence-electron chi connectivity index (χ0n) is 13.8. The number of nitrogens with zero attached hydrogens (tertiary/aromatic N) is 3. The van der Waals surface area contributed by atoms with Gasteiger partial charge in [-0.1, -0.05) is 18.2 Å². The molecule has 1 N–H and O–H groups in total. The Morgan fingerprint density at radius 3 is 2.62 bits per heavy atom. The number of amides is 1. The van der Waals surface area contributed by atoms with E-state index in [-0.39, 0.29) is 5.91 Å². The lowest BCUT2D eigenvalue weighted by atomic mass is 10.2. The van der Waals surface area contributed by atoms with Crippen LogP contribution >= 0.6 is 0 Å². The number of benzene rings is 1. The zero-order chi connectivity index (χ0) is 17.1. The van der Waals surface area contributed by atoms with Crippen molar-refractivity contribution in [1.82, 2.24) is 15.2 Å². The molecule has 3 rings (SSSR count). The van der Waals surface area contributed by atoms with Gasteiger partial charge in [-0.15, -0.1) is 0 Å². The first-order valence-corrected chi connectivity index (χ1v) is 7.57. The number of aromatic nitrogens is 2. The van der Waals surface area contributed by atoms with Crippen LogP contribution in [0, 0.1) is 20.8 Å². The highest BCUT2D eigenvalue weighted by Crippen LogP contribution is 2.16. The fourth-order valence-electron chi connectivity index (χ4n) is 2.50. The van der Waals surface area contributed by atoms with Crippen molar-refractivity contribution >= 4 is 12.1 Å². The summed E-state index contributed by atoms with van der Waals surface area (Å²) in [6.07, 6.45) is 3.09. The molecule has 6 heteroatoms. The van der Waals surface area contributed by atoms with E-state index in [0.717, 1.165) is 22.6 Å². The predicted molar refractivity (Wildman–Crippen MR) is 91.5 cm³/mol. The average molecular weight is 322 g/mol. The molecule has 24 heavy (non-hydrogen) atoms. The molecule has 2 aromatic heterocycles. The van der Waals surface area contributed by atoms with E-state index in [9.17, 15) is 4.79 Å². The summed E-state index contributed by atoms with van der Waals surface area (Å²) in [5.41, 5.74) is 6.64. The third-order valence-corrected chi connectivity index (χ3v) is 3.81. The molecule has 0 aliphatic rings. The summed E-state index contributed by atoms with van der Waals surface area (Å²) in [7, 11) is 0. The lowest BCUT2D eigenvalue weighted by Gasteiger charge is -2.03. The van der Waals surface area contributed by atoms with Gasteiger partial charge in [-0.3, -0.25) is 4.79 Å². The van der Waals surface area contributed by atoms with Gasteiger partial charge in [0.1, 0.15) is 5.76 Å². The first-order valence-electron chi connectivity index (χ1n) is 7.57. The number of hydrogen-bond acceptors (Lipinski definition) is 4. The molecule has 0 saturated carbocycles. The fraction of sp³-hybridized carbons (Fsp3) is 0.167. The van der Waals surface area contributed by atoms with Gasteiger partial charge in [0.15, 0.2) is 0 Å². The number of carbonyl (C=O) groups is 1. The van der Waals surface area contributed by atoms with Crippen molar-refractivity contribution in [3.8, 4) is 5.69 Å². The number of rotatable bonds is 4. The van der Waals surface area contributed by atoms with Crippen molar-refractivity contribution in [3.63, 3.8) is 0 Å². The topological polar surface area (TPSA) is 72.4 Å². The highest BCUT2D eigenvalue weighted by Gasteiger charge is 2.12. The molecule has 122 valence electrons. The second kappa shape index (κ2) is 6.54. The van der Waals surface area contributed by atoms with Crippen LogP contribution in [0.5, 0.6) is 0 Å². The highest BCUT2D eigenvalue weighted by molar-refractivity contribution is 5.95. The summed E-state index contributed by atoms with van der Waals surface area (Å²) in [5.74, 6) is 0.259. The Morgan fingerprint density at radius 1 is 1.21 bits per heavy atom. The number of furan rings is 1. The van der Waals surface area contributed by atoms with Gasteiger partial charge in [-0.05, 0) is 39.0 Å². The van der Waals surface area contributed by atoms with E-state index in [4.69, 9.17) is 4.42 Å². The van der Waals surface area contributed by atoms with E-state index in [0.29, 0.717) is 11.3 Å². The molecule has 0 spiro atoms. The average Bonchev–Trinajstić information content (AvgIpc) is 3.13. The maximum atomic E-state index is 12.0. The maximum Gasteiger partial charge on any atom is 0.274 e. The number of hydrazone groups is 1. The molecule has 1 amide bonds. The quantitative estimate of drug-likeness (QED) is 0.592. The molecule has 0 saturated heterocycles. The van der Waals surface area contributed by atoms with Gasteiger partial charge in [0.25, 0.3) is 5.91 Å². The standard InChI is InChI=1S/C18H18N4O2/c1-12-17(11-19-20-18(23)16-9-10-24-14(16)3)13(2)22(21-12)15-7-5-4-6-8-15/h4-11H,1-3H3,(H,20,23)/b19-11-. The van der Waals surface area contributed by atoms with E-state index in [1.54, 1.807) is 19.2 Å². The Balaban J connectivity index is 1.80. The van der Waals surface area contributed by atoms with Gasteiger partial charge in [-0.2, -0.15) is 10.2 Å². The van der Waals surface area contributed by atoms with Crippen molar-refractivity contribution in [2.75, 3.05) is 0 Å². The molecule has 0 bridgehead atoms. The van der Waals surface area contributed by atoms with Crippen LogP contribution in [0.4, 0.5) is 0 Å². The predicted octanol–water partition coefficient (Wildman–Crippen LogP) is 3.15. The molecule has 0 unspecified atom stereocenters. The van der Waals surface area contributed by atoms with Gasteiger partial charge in [0.05, 0.1) is 35.1 Å². The van der Waals surface area contributed by atoms with Crippen LogP contribution in [0.2, 0.25) is 0 Å². The van der Waals surface area contributed by atoms with E-state index in [2.05, 4.69) is 15.6 Å². The van der Waals surface area contributed by atoms with Crippen molar-refractivity contribution in [1.29, 1.82) is 0 Å². The minimum Gasteiger partial charge on any atom is -0.469 e. The monoisotopic (exact) mass is 322 g/mol. The molecule has 0 aliphatic heterocycles. The van der Waals surface area contributed by atoms with Crippen LogP contribution in [0.1, 0.15) is 33.1 Å². The van der Waals surface area contributed by atoms with E-state index in [1.807, 2.05) is 48.9 Å². The van der Waals surface area contributed by atoms with Gasteiger partial charge >= 0.3 is 0 Å². The van der Waals surface area contributed by atoms with E-state index >= 15 is 0 Å². The minimum atomic E-state index is -0.303. The van der Waals surface area contributed by atoms with Crippen molar-refractivity contribution in [2.24, 2.45) is 5.10 Å². The molecule has 2 heterocycles. The number of hydrogen-bond donors (Lipinski definition) is 1. The molecule has 0 radical (unpaired) electrons. The summed E-state index contributed by atoms with van der Waals surface area (Å²) in [4.78, 5) is 12.0. The summed E-state index contributed by atoms with van der Waals surface area (Å²) >= 11 is 0. The normalized spacial score (nSPS) is 11.1. The molecule has 6 nitrogen and oxygen atoms in total. The van der Waals surface area contributed by atoms with Crippen LogP contribution in [0.15, 0.2) is 52.2 Å². The van der Waals surface area contributed by atoms with Gasteiger partial charge in [-0.25, -0.2) is 10.1 Å². The van der Waals surface area contributed by atoms with Crippen molar-refractivity contribution in [2.45, 2.75) is 20.8 Å². The zero-order valence-corrected chi connectivity index (χ0v) is 13.8. The van der Waals surface area contributed by atoms with Gasteiger partial charge in [0.2, 0.25) is 0 Å². The highest BCUT2D eigenvalue weighted by atomic mass is 16.3. The Bertz CT molecular complexity index is 891. The first-order chi connectivity index (χ1) is 11.6. The summed E-state index contributed by atoms with van der Waals surface area (Å²) < 4.78 is 6.97. The van der Waals surface area contributed by atoms with Crippen LogP contribution < -0.4 is 5.43 Å². The van der Waals surface area contributed by atoms with Crippen LogP contribution in [0.3, 0.4) is 0 Å². The van der Waals surface area contributed by atoms with Crippen molar-refractivity contribution < 1.29 is 9.21 Å². The second-order valence-corrected chi connectivity index (χ2v) is 5.42. The third kappa shape index (κ3) is 2.99. The third-order valence-electron chi connectivity index (χ3n) is 3.81.